The second-order valence-electron chi connectivity index (χ2n) is 7.03. The fourth-order valence-corrected chi connectivity index (χ4v) is 3.38. The Bertz CT molecular complexity index is 1160. The molecule has 1 aliphatic rings. The third-order valence-corrected chi connectivity index (χ3v) is 5.36. The monoisotopic (exact) mass is 468 g/mol. The first-order valence-electron chi connectivity index (χ1n) is 9.52. The average Bonchev–Trinajstić information content (AvgIpc) is 3.54. The van der Waals surface area contributed by atoms with Crippen LogP contribution in [0.2, 0.25) is 0 Å². The van der Waals surface area contributed by atoms with Gasteiger partial charge >= 0.3 is 5.69 Å². The summed E-state index contributed by atoms with van der Waals surface area (Å²) in [5.74, 6) is 0.707. The number of hydrogen-bond donors (Lipinski definition) is 1. The summed E-state index contributed by atoms with van der Waals surface area (Å²) in [5, 5.41) is 7.79. The Labute approximate surface area is 181 Å². The van der Waals surface area contributed by atoms with E-state index in [1.807, 2.05) is 36.4 Å². The molecule has 1 heterocycles. The zero-order valence-electron chi connectivity index (χ0n) is 16.4. The first-order chi connectivity index (χ1) is 14.5. The van der Waals surface area contributed by atoms with E-state index in [-0.39, 0.29) is 18.2 Å². The van der Waals surface area contributed by atoms with E-state index in [1.165, 1.54) is 9.36 Å². The molecule has 0 atom stereocenters. The standard InChI is InChI=1S/C21H21BrN6O2/c1-27-21(29)28(26-25-27)19-4-2-3-17(14-5-6-14)18(19)13-30-20(23)11-12-24-16-9-7-15(22)8-10-16/h2-4,7-12,14H,5-6,13,23H2,1H3. The number of halogens is 1. The normalized spacial score (nSPS) is 14.4. The minimum Gasteiger partial charge on any atom is -0.474 e. The van der Waals surface area contributed by atoms with Crippen molar-refractivity contribution in [1.82, 2.24) is 19.8 Å². The van der Waals surface area contributed by atoms with Crippen molar-refractivity contribution in [3.63, 3.8) is 0 Å². The molecule has 1 saturated carbocycles. The highest BCUT2D eigenvalue weighted by Gasteiger charge is 2.28. The molecule has 4 rings (SSSR count). The third kappa shape index (κ3) is 4.51. The maximum Gasteiger partial charge on any atom is 0.368 e. The Morgan fingerprint density at radius 2 is 2.03 bits per heavy atom. The van der Waals surface area contributed by atoms with Crippen molar-refractivity contribution in [2.75, 3.05) is 0 Å². The molecule has 1 aliphatic carbocycles. The van der Waals surface area contributed by atoms with Gasteiger partial charge in [0.25, 0.3) is 0 Å². The zero-order valence-corrected chi connectivity index (χ0v) is 18.0. The Morgan fingerprint density at radius 1 is 1.27 bits per heavy atom. The van der Waals surface area contributed by atoms with Crippen molar-refractivity contribution in [3.05, 3.63) is 80.5 Å². The van der Waals surface area contributed by atoms with Crippen LogP contribution in [0.1, 0.15) is 29.9 Å². The number of allylic oxidation sites excluding steroid dienone is 1. The van der Waals surface area contributed by atoms with E-state index in [4.69, 9.17) is 10.5 Å². The Hall–Kier alpha value is -3.20. The number of ether oxygens (including phenoxy) is 1. The van der Waals surface area contributed by atoms with Gasteiger partial charge in [0.1, 0.15) is 6.61 Å². The highest BCUT2D eigenvalue weighted by molar-refractivity contribution is 9.10. The molecule has 1 fully saturated rings. The largest absolute Gasteiger partial charge is 0.474 e. The van der Waals surface area contributed by atoms with Crippen LogP contribution in [0, 0.1) is 0 Å². The van der Waals surface area contributed by atoms with E-state index >= 15 is 0 Å². The number of nitrogens with two attached hydrogens (primary N) is 1. The van der Waals surface area contributed by atoms with Crippen LogP contribution in [0.25, 0.3) is 5.69 Å². The second-order valence-corrected chi connectivity index (χ2v) is 7.94. The molecule has 0 aliphatic heterocycles. The SMILES string of the molecule is Cn1nnn(-c2cccc(C3CC3)c2COC(N)=CC=Nc2ccc(Br)cc2)c1=O. The smallest absolute Gasteiger partial charge is 0.368 e. The molecule has 0 saturated heterocycles. The van der Waals surface area contributed by atoms with Gasteiger partial charge in [0.05, 0.1) is 11.4 Å². The third-order valence-electron chi connectivity index (χ3n) is 4.83. The number of benzene rings is 2. The summed E-state index contributed by atoms with van der Waals surface area (Å²) >= 11 is 3.39. The lowest BCUT2D eigenvalue weighted by molar-refractivity contribution is 0.195. The summed E-state index contributed by atoms with van der Waals surface area (Å²) in [6, 6.07) is 13.5. The molecule has 0 amide bonds. The quantitative estimate of drug-likeness (QED) is 0.423. The van der Waals surface area contributed by atoms with Crippen LogP contribution >= 0.6 is 15.9 Å². The summed E-state index contributed by atoms with van der Waals surface area (Å²) in [6.07, 6.45) is 5.45. The van der Waals surface area contributed by atoms with Gasteiger partial charge < -0.3 is 10.5 Å². The number of nitrogens with zero attached hydrogens (tertiary/aromatic N) is 5. The number of hydrogen-bond acceptors (Lipinski definition) is 6. The van der Waals surface area contributed by atoms with Crippen molar-refractivity contribution >= 4 is 27.8 Å². The summed E-state index contributed by atoms with van der Waals surface area (Å²) in [7, 11) is 1.57. The van der Waals surface area contributed by atoms with Gasteiger partial charge in [-0.3, -0.25) is 4.99 Å². The van der Waals surface area contributed by atoms with Gasteiger partial charge in [0, 0.05) is 29.4 Å². The van der Waals surface area contributed by atoms with Gasteiger partial charge in [-0.15, -0.1) is 0 Å². The van der Waals surface area contributed by atoms with Crippen LogP contribution < -0.4 is 11.4 Å². The van der Waals surface area contributed by atoms with E-state index in [2.05, 4.69) is 37.4 Å². The van der Waals surface area contributed by atoms with E-state index < -0.39 is 0 Å². The highest BCUT2D eigenvalue weighted by atomic mass is 79.9. The molecule has 9 heteroatoms. The van der Waals surface area contributed by atoms with Crippen molar-refractivity contribution in [2.45, 2.75) is 25.4 Å². The van der Waals surface area contributed by atoms with Gasteiger partial charge in [0.15, 0.2) is 5.88 Å². The molecule has 30 heavy (non-hydrogen) atoms. The van der Waals surface area contributed by atoms with Gasteiger partial charge in [-0.1, -0.05) is 28.1 Å². The molecule has 0 bridgehead atoms. The van der Waals surface area contributed by atoms with Gasteiger partial charge in [-0.2, -0.15) is 9.36 Å². The maximum atomic E-state index is 12.4. The molecule has 154 valence electrons. The summed E-state index contributed by atoms with van der Waals surface area (Å²) < 4.78 is 9.26. The molecule has 3 aromatic rings. The van der Waals surface area contributed by atoms with E-state index in [1.54, 1.807) is 19.3 Å². The predicted molar refractivity (Wildman–Crippen MR) is 118 cm³/mol. The number of rotatable bonds is 7. The van der Waals surface area contributed by atoms with Crippen molar-refractivity contribution in [3.8, 4) is 5.69 Å². The van der Waals surface area contributed by atoms with Crippen LogP contribution in [0.15, 0.2) is 68.7 Å². The average molecular weight is 469 g/mol. The Morgan fingerprint density at radius 3 is 2.70 bits per heavy atom. The fourth-order valence-electron chi connectivity index (χ4n) is 3.12. The number of tetrazole rings is 1. The zero-order chi connectivity index (χ0) is 21.1. The van der Waals surface area contributed by atoms with Gasteiger partial charge in [-0.05, 0) is 65.1 Å². The topological polar surface area (TPSA) is 100 Å². The van der Waals surface area contributed by atoms with E-state index in [0.29, 0.717) is 11.6 Å². The molecule has 2 aromatic carbocycles. The van der Waals surface area contributed by atoms with Crippen molar-refractivity contribution < 1.29 is 4.74 Å². The van der Waals surface area contributed by atoms with Crippen LogP contribution in [0.5, 0.6) is 0 Å². The first-order valence-corrected chi connectivity index (χ1v) is 10.3. The van der Waals surface area contributed by atoms with E-state index in [9.17, 15) is 4.79 Å². The minimum absolute atomic E-state index is 0.222. The van der Waals surface area contributed by atoms with Crippen molar-refractivity contribution in [1.29, 1.82) is 0 Å². The van der Waals surface area contributed by atoms with E-state index in [0.717, 1.165) is 34.1 Å². The number of aryl methyl sites for hydroxylation is 1. The van der Waals surface area contributed by atoms with Crippen LogP contribution in [-0.4, -0.2) is 26.0 Å². The molecular weight excluding hydrogens is 448 g/mol. The molecule has 0 spiro atoms. The lowest BCUT2D eigenvalue weighted by atomic mass is 10.0. The second kappa shape index (κ2) is 8.66. The van der Waals surface area contributed by atoms with Gasteiger partial charge in [0.2, 0.25) is 0 Å². The molecule has 1 aromatic heterocycles. The molecule has 8 nitrogen and oxygen atoms in total. The van der Waals surface area contributed by atoms with Gasteiger partial charge in [-0.25, -0.2) is 4.79 Å². The first kappa shape index (κ1) is 20.1. The summed E-state index contributed by atoms with van der Waals surface area (Å²) in [4.78, 5) is 16.7. The predicted octanol–water partition coefficient (Wildman–Crippen LogP) is 3.33. The number of aromatic nitrogens is 4. The fraction of sp³-hybridized carbons (Fsp3) is 0.238. The molecule has 2 N–H and O–H groups in total. The highest BCUT2D eigenvalue weighted by Crippen LogP contribution is 2.43. The van der Waals surface area contributed by atoms with Crippen LogP contribution in [0.4, 0.5) is 5.69 Å². The maximum absolute atomic E-state index is 12.4. The lowest BCUT2D eigenvalue weighted by Gasteiger charge is -2.14. The van der Waals surface area contributed by atoms with Crippen LogP contribution in [-0.2, 0) is 18.4 Å². The van der Waals surface area contributed by atoms with Crippen LogP contribution in [0.3, 0.4) is 0 Å². The molecule has 0 radical (unpaired) electrons. The van der Waals surface area contributed by atoms with Crippen molar-refractivity contribution in [2.24, 2.45) is 17.8 Å². The molecular formula is C21H21BrN6O2. The number of aliphatic imine (C=N–C) groups is 1. The summed E-state index contributed by atoms with van der Waals surface area (Å²) in [6.45, 7) is 0.222. The lowest BCUT2D eigenvalue weighted by Crippen LogP contribution is -2.23. The minimum atomic E-state index is -0.311. The Kier molecular flexibility index (Phi) is 5.80. The molecule has 0 unspecified atom stereocenters. The Balaban J connectivity index is 1.54. The summed E-state index contributed by atoms with van der Waals surface area (Å²) in [5.41, 5.74) is 9.22.